The van der Waals surface area contributed by atoms with Crippen molar-refractivity contribution in [1.82, 2.24) is 5.32 Å². The smallest absolute Gasteiger partial charge is 0.264 e. The van der Waals surface area contributed by atoms with Gasteiger partial charge < -0.3 is 9.73 Å². The fraction of sp³-hybridized carbons (Fsp3) is 0.261. The van der Waals surface area contributed by atoms with Gasteiger partial charge in [-0.15, -0.1) is 0 Å². The number of benzene rings is 2. The Balaban J connectivity index is 1.72. The molecule has 0 unspecified atom stereocenters. The quantitative estimate of drug-likeness (QED) is 0.551. The Bertz CT molecular complexity index is 1100. The lowest BCUT2D eigenvalue weighted by Gasteiger charge is -2.22. The number of carbonyl (C=O) groups is 1. The maximum Gasteiger partial charge on any atom is 0.264 e. The van der Waals surface area contributed by atoms with Crippen molar-refractivity contribution >= 4 is 21.6 Å². The first-order chi connectivity index (χ1) is 14.3. The number of carbonyl (C=O) groups excluding carboxylic acids is 1. The average Bonchev–Trinajstić information content (AvgIpc) is 3.25. The summed E-state index contributed by atoms with van der Waals surface area (Å²) in [7, 11) is -2.23. The number of nitrogens with zero attached hydrogens (tertiary/aromatic N) is 1. The fourth-order valence-electron chi connectivity index (χ4n) is 3.11. The van der Waals surface area contributed by atoms with Crippen LogP contribution in [0.2, 0.25) is 0 Å². The molecule has 7 heteroatoms. The molecule has 1 N–H and O–H groups in total. The Morgan fingerprint density at radius 3 is 2.47 bits per heavy atom. The molecule has 158 valence electrons. The molecule has 6 nitrogen and oxygen atoms in total. The Morgan fingerprint density at radius 2 is 1.80 bits per heavy atom. The predicted molar refractivity (Wildman–Crippen MR) is 117 cm³/mol. The van der Waals surface area contributed by atoms with E-state index < -0.39 is 10.0 Å². The second kappa shape index (κ2) is 9.17. The molecule has 0 atom stereocenters. The average molecular weight is 427 g/mol. The van der Waals surface area contributed by atoms with Crippen LogP contribution in [0.5, 0.6) is 0 Å². The summed E-state index contributed by atoms with van der Waals surface area (Å²) in [6.45, 7) is 4.22. The first-order valence-electron chi connectivity index (χ1n) is 9.76. The number of amides is 1. The van der Waals surface area contributed by atoms with Gasteiger partial charge in [0.1, 0.15) is 5.76 Å². The largest absolute Gasteiger partial charge is 0.469 e. The molecule has 0 saturated heterocycles. The first kappa shape index (κ1) is 21.6. The number of aryl methyl sites for hydroxylation is 3. The molecule has 0 fully saturated rings. The molecule has 1 amide bonds. The molecular formula is C23H26N2O4S. The SMILES string of the molecule is Cc1ccc(S(=O)(=O)N(C)c2cc(C(=O)NCCCc3ccco3)ccc2C)cc1. The van der Waals surface area contributed by atoms with E-state index in [1.54, 1.807) is 48.7 Å². The normalized spacial score (nSPS) is 11.3. The molecule has 1 heterocycles. The summed E-state index contributed by atoms with van der Waals surface area (Å²) in [5.41, 5.74) is 2.64. The molecule has 0 saturated carbocycles. The van der Waals surface area contributed by atoms with E-state index in [9.17, 15) is 13.2 Å². The molecule has 0 spiro atoms. The molecule has 2 aromatic carbocycles. The molecule has 0 aliphatic heterocycles. The van der Waals surface area contributed by atoms with Gasteiger partial charge in [-0.3, -0.25) is 9.10 Å². The molecule has 0 aliphatic carbocycles. The van der Waals surface area contributed by atoms with Gasteiger partial charge in [0.05, 0.1) is 16.8 Å². The lowest BCUT2D eigenvalue weighted by molar-refractivity contribution is 0.0953. The van der Waals surface area contributed by atoms with Crippen LogP contribution in [0.1, 0.15) is 33.7 Å². The highest BCUT2D eigenvalue weighted by molar-refractivity contribution is 7.92. The Morgan fingerprint density at radius 1 is 1.07 bits per heavy atom. The van der Waals surface area contributed by atoms with Crippen molar-refractivity contribution in [1.29, 1.82) is 0 Å². The van der Waals surface area contributed by atoms with Crippen molar-refractivity contribution in [2.24, 2.45) is 0 Å². The summed E-state index contributed by atoms with van der Waals surface area (Å²) in [4.78, 5) is 12.8. The van der Waals surface area contributed by atoms with Gasteiger partial charge in [-0.1, -0.05) is 23.8 Å². The van der Waals surface area contributed by atoms with Crippen molar-refractivity contribution in [3.05, 3.63) is 83.3 Å². The highest BCUT2D eigenvalue weighted by atomic mass is 32.2. The standard InChI is InChI=1S/C23H26N2O4S/c1-17-8-12-21(13-9-17)30(27,28)25(3)22-16-19(11-10-18(22)2)23(26)24-14-4-6-20-7-5-15-29-20/h5,7-13,15-16H,4,6,14H2,1-3H3,(H,24,26). The van der Waals surface area contributed by atoms with E-state index in [0.717, 1.165) is 29.7 Å². The fourth-order valence-corrected chi connectivity index (χ4v) is 4.36. The summed E-state index contributed by atoms with van der Waals surface area (Å²) in [6.07, 6.45) is 3.12. The van der Waals surface area contributed by atoms with Gasteiger partial charge in [-0.2, -0.15) is 0 Å². The van der Waals surface area contributed by atoms with Gasteiger partial charge in [-0.25, -0.2) is 8.42 Å². The van der Waals surface area contributed by atoms with E-state index >= 15 is 0 Å². The second-order valence-electron chi connectivity index (χ2n) is 7.23. The van der Waals surface area contributed by atoms with Crippen LogP contribution in [0.15, 0.2) is 70.2 Å². The monoisotopic (exact) mass is 426 g/mol. The Hall–Kier alpha value is -3.06. The minimum atomic E-state index is -3.73. The predicted octanol–water partition coefficient (Wildman–Crippen LogP) is 4.08. The van der Waals surface area contributed by atoms with Crippen molar-refractivity contribution < 1.29 is 17.6 Å². The molecule has 0 radical (unpaired) electrons. The minimum Gasteiger partial charge on any atom is -0.469 e. The van der Waals surface area contributed by atoms with Crippen molar-refractivity contribution in [2.45, 2.75) is 31.6 Å². The molecule has 30 heavy (non-hydrogen) atoms. The van der Waals surface area contributed by atoms with Gasteiger partial charge in [0.2, 0.25) is 0 Å². The van der Waals surface area contributed by atoms with Crippen molar-refractivity contribution in [2.75, 3.05) is 17.9 Å². The van der Waals surface area contributed by atoms with E-state index in [4.69, 9.17) is 4.42 Å². The van der Waals surface area contributed by atoms with Crippen LogP contribution in [0.3, 0.4) is 0 Å². The van der Waals surface area contributed by atoms with Crippen LogP contribution < -0.4 is 9.62 Å². The number of hydrogen-bond donors (Lipinski definition) is 1. The summed E-state index contributed by atoms with van der Waals surface area (Å²) in [6, 6.07) is 15.5. The van der Waals surface area contributed by atoms with Gasteiger partial charge in [-0.05, 0) is 62.2 Å². The van der Waals surface area contributed by atoms with Crippen LogP contribution in [0, 0.1) is 13.8 Å². The number of sulfonamides is 1. The third-order valence-corrected chi connectivity index (χ3v) is 6.74. The molecular weight excluding hydrogens is 400 g/mol. The highest BCUT2D eigenvalue weighted by Crippen LogP contribution is 2.26. The number of hydrogen-bond acceptors (Lipinski definition) is 4. The van der Waals surface area contributed by atoms with Crippen LogP contribution in [0.4, 0.5) is 5.69 Å². The number of furan rings is 1. The van der Waals surface area contributed by atoms with Gasteiger partial charge in [0, 0.05) is 25.6 Å². The maximum atomic E-state index is 13.0. The van der Waals surface area contributed by atoms with Gasteiger partial charge in [0.15, 0.2) is 0 Å². The highest BCUT2D eigenvalue weighted by Gasteiger charge is 2.23. The van der Waals surface area contributed by atoms with E-state index in [2.05, 4.69) is 5.32 Å². The zero-order chi connectivity index (χ0) is 21.7. The molecule has 3 rings (SSSR count). The summed E-state index contributed by atoms with van der Waals surface area (Å²) < 4.78 is 32.5. The second-order valence-corrected chi connectivity index (χ2v) is 9.19. The summed E-state index contributed by atoms with van der Waals surface area (Å²) >= 11 is 0. The Labute approximate surface area is 177 Å². The number of rotatable bonds is 8. The Kier molecular flexibility index (Phi) is 6.62. The lowest BCUT2D eigenvalue weighted by Crippen LogP contribution is -2.28. The van der Waals surface area contributed by atoms with Crippen LogP contribution in [-0.4, -0.2) is 27.9 Å². The number of anilines is 1. The molecule has 0 bridgehead atoms. The zero-order valence-electron chi connectivity index (χ0n) is 17.4. The van der Waals surface area contributed by atoms with Crippen molar-refractivity contribution in [3.8, 4) is 0 Å². The first-order valence-corrected chi connectivity index (χ1v) is 11.2. The molecule has 1 aromatic heterocycles. The van der Waals surface area contributed by atoms with E-state index in [1.807, 2.05) is 26.0 Å². The summed E-state index contributed by atoms with van der Waals surface area (Å²) in [5.74, 6) is 0.640. The zero-order valence-corrected chi connectivity index (χ0v) is 18.2. The van der Waals surface area contributed by atoms with E-state index in [0.29, 0.717) is 17.8 Å². The lowest BCUT2D eigenvalue weighted by atomic mass is 10.1. The van der Waals surface area contributed by atoms with Crippen molar-refractivity contribution in [3.63, 3.8) is 0 Å². The third kappa shape index (κ3) is 4.91. The molecule has 3 aromatic rings. The maximum absolute atomic E-state index is 13.0. The topological polar surface area (TPSA) is 79.6 Å². The summed E-state index contributed by atoms with van der Waals surface area (Å²) in [5, 5.41) is 2.88. The van der Waals surface area contributed by atoms with Gasteiger partial charge >= 0.3 is 0 Å². The number of nitrogens with one attached hydrogen (secondary N) is 1. The van der Waals surface area contributed by atoms with E-state index in [1.165, 1.54) is 11.4 Å². The van der Waals surface area contributed by atoms with Crippen LogP contribution in [0.25, 0.3) is 0 Å². The van der Waals surface area contributed by atoms with Gasteiger partial charge in [0.25, 0.3) is 15.9 Å². The minimum absolute atomic E-state index is 0.211. The third-order valence-electron chi connectivity index (χ3n) is 4.96. The van der Waals surface area contributed by atoms with Crippen LogP contribution in [-0.2, 0) is 16.4 Å². The van der Waals surface area contributed by atoms with E-state index in [-0.39, 0.29) is 10.8 Å². The van der Waals surface area contributed by atoms with Crippen LogP contribution >= 0.6 is 0 Å². The molecule has 0 aliphatic rings.